The molecule has 102 valence electrons. The highest BCUT2D eigenvalue weighted by Gasteiger charge is 2.35. The van der Waals surface area contributed by atoms with Crippen molar-refractivity contribution in [2.24, 2.45) is 5.73 Å². The van der Waals surface area contributed by atoms with Crippen LogP contribution in [0.25, 0.3) is 0 Å². The molecule has 0 spiro atoms. The number of sulfone groups is 1. The van der Waals surface area contributed by atoms with Crippen LogP contribution < -0.4 is 5.73 Å². The number of sulfonamides is 1. The first kappa shape index (κ1) is 14.9. The maximum atomic E-state index is 12.1. The predicted molar refractivity (Wildman–Crippen MR) is 66.9 cm³/mol. The molecular weight excluding hydrogens is 264 g/mol. The molecule has 1 atom stereocenters. The van der Waals surface area contributed by atoms with Crippen molar-refractivity contribution >= 4 is 19.9 Å². The lowest BCUT2D eigenvalue weighted by Gasteiger charge is -2.27. The molecule has 2 N–H and O–H groups in total. The molecule has 6 nitrogen and oxygen atoms in total. The summed E-state index contributed by atoms with van der Waals surface area (Å²) in [7, 11) is -4.96. The Balaban J connectivity index is 2.73. The van der Waals surface area contributed by atoms with Gasteiger partial charge in [0.15, 0.2) is 0 Å². The van der Waals surface area contributed by atoms with Crippen LogP contribution in [0.1, 0.15) is 19.8 Å². The van der Waals surface area contributed by atoms with Gasteiger partial charge in [-0.2, -0.15) is 0 Å². The first-order valence-corrected chi connectivity index (χ1v) is 8.89. The van der Waals surface area contributed by atoms with Gasteiger partial charge in [0.1, 0.15) is 9.84 Å². The predicted octanol–water partition coefficient (Wildman–Crippen LogP) is -0.828. The van der Waals surface area contributed by atoms with E-state index in [4.69, 9.17) is 5.73 Å². The minimum atomic E-state index is -3.42. The first-order valence-electron chi connectivity index (χ1n) is 5.56. The Morgan fingerprint density at radius 3 is 2.24 bits per heavy atom. The average molecular weight is 284 g/mol. The van der Waals surface area contributed by atoms with Crippen LogP contribution in [0.2, 0.25) is 0 Å². The lowest BCUT2D eigenvalue weighted by atomic mass is 10.2. The van der Waals surface area contributed by atoms with Crippen LogP contribution >= 0.6 is 0 Å². The van der Waals surface area contributed by atoms with E-state index < -0.39 is 25.1 Å². The lowest BCUT2D eigenvalue weighted by Crippen LogP contribution is -2.44. The van der Waals surface area contributed by atoms with Crippen LogP contribution in [0.15, 0.2) is 0 Å². The van der Waals surface area contributed by atoms with Gasteiger partial charge in [-0.3, -0.25) is 0 Å². The highest BCUT2D eigenvalue weighted by atomic mass is 32.2. The Bertz CT molecular complexity index is 441. The second kappa shape index (κ2) is 5.21. The topological polar surface area (TPSA) is 97.5 Å². The second-order valence-corrected chi connectivity index (χ2v) is 9.28. The Hall–Kier alpha value is -0.180. The molecule has 0 aromatic carbocycles. The molecule has 1 unspecified atom stereocenters. The van der Waals surface area contributed by atoms with Crippen molar-refractivity contribution in [2.75, 3.05) is 25.1 Å². The molecule has 17 heavy (non-hydrogen) atoms. The molecule has 0 amide bonds. The van der Waals surface area contributed by atoms with Crippen LogP contribution in [0.4, 0.5) is 0 Å². The summed E-state index contributed by atoms with van der Waals surface area (Å²) in [6.45, 7) is 1.99. The van der Waals surface area contributed by atoms with Crippen LogP contribution in [0.3, 0.4) is 0 Å². The fraction of sp³-hybridized carbons (Fsp3) is 1.00. The Labute approximate surface area is 103 Å². The van der Waals surface area contributed by atoms with Gasteiger partial charge in [0.05, 0.1) is 16.8 Å². The lowest BCUT2D eigenvalue weighted by molar-refractivity contribution is 0.431. The highest BCUT2D eigenvalue weighted by Crippen LogP contribution is 2.21. The minimum Gasteiger partial charge on any atom is -0.327 e. The van der Waals surface area contributed by atoms with Crippen LogP contribution in [0.5, 0.6) is 0 Å². The number of nitrogens with two attached hydrogens (primary N) is 1. The van der Waals surface area contributed by atoms with Gasteiger partial charge in [-0.1, -0.05) is 0 Å². The molecule has 1 aliphatic rings. The van der Waals surface area contributed by atoms with E-state index in [1.165, 1.54) is 11.4 Å². The quantitative estimate of drug-likeness (QED) is 0.727. The molecule has 0 aromatic heterocycles. The second-order valence-electron chi connectivity index (χ2n) is 4.65. The van der Waals surface area contributed by atoms with Crippen molar-refractivity contribution in [3.63, 3.8) is 0 Å². The largest absolute Gasteiger partial charge is 0.327 e. The molecule has 1 saturated heterocycles. The van der Waals surface area contributed by atoms with Crippen molar-refractivity contribution in [1.82, 2.24) is 4.31 Å². The van der Waals surface area contributed by atoms with Gasteiger partial charge < -0.3 is 5.73 Å². The average Bonchev–Trinajstić information content (AvgIpc) is 2.15. The third-order valence-corrected chi connectivity index (χ3v) is 6.95. The van der Waals surface area contributed by atoms with E-state index in [1.807, 2.05) is 0 Å². The van der Waals surface area contributed by atoms with Crippen molar-refractivity contribution < 1.29 is 16.8 Å². The van der Waals surface area contributed by atoms with E-state index in [9.17, 15) is 16.8 Å². The maximum Gasteiger partial charge on any atom is 0.216 e. The molecule has 0 aromatic rings. The van der Waals surface area contributed by atoms with Crippen LogP contribution in [-0.2, 0) is 19.9 Å². The summed E-state index contributed by atoms with van der Waals surface area (Å²) in [5, 5.41) is -0.588. The SMILES string of the molecule is CC(N)CN(C)S(=O)(=O)C1CCS(=O)(=O)CC1. The van der Waals surface area contributed by atoms with E-state index in [1.54, 1.807) is 6.92 Å². The van der Waals surface area contributed by atoms with E-state index >= 15 is 0 Å². The zero-order valence-electron chi connectivity index (χ0n) is 10.2. The standard InChI is InChI=1S/C9H20N2O4S2/c1-8(10)7-11(2)17(14,15)9-3-5-16(12,13)6-4-9/h8-9H,3-7,10H2,1-2H3. The van der Waals surface area contributed by atoms with Gasteiger partial charge in [-0.15, -0.1) is 0 Å². The first-order chi connectivity index (χ1) is 7.65. The molecule has 1 heterocycles. The smallest absolute Gasteiger partial charge is 0.216 e. The van der Waals surface area contributed by atoms with Crippen LogP contribution in [-0.4, -0.2) is 57.5 Å². The zero-order valence-corrected chi connectivity index (χ0v) is 11.8. The minimum absolute atomic E-state index is 0.0388. The molecule has 0 saturated carbocycles. The van der Waals surface area contributed by atoms with Crippen molar-refractivity contribution in [3.05, 3.63) is 0 Å². The highest BCUT2D eigenvalue weighted by molar-refractivity contribution is 7.92. The third-order valence-electron chi connectivity index (χ3n) is 2.90. The van der Waals surface area contributed by atoms with E-state index in [0.29, 0.717) is 0 Å². The van der Waals surface area contributed by atoms with E-state index in [-0.39, 0.29) is 36.9 Å². The van der Waals surface area contributed by atoms with Crippen molar-refractivity contribution in [3.8, 4) is 0 Å². The molecule has 1 aliphatic heterocycles. The van der Waals surface area contributed by atoms with Gasteiger partial charge in [0.25, 0.3) is 0 Å². The van der Waals surface area contributed by atoms with Gasteiger partial charge in [-0.05, 0) is 19.8 Å². The molecule has 0 aliphatic carbocycles. The Morgan fingerprint density at radius 1 is 1.35 bits per heavy atom. The number of hydrogen-bond donors (Lipinski definition) is 1. The monoisotopic (exact) mass is 284 g/mol. The Kier molecular flexibility index (Phi) is 4.56. The van der Waals surface area contributed by atoms with Crippen molar-refractivity contribution in [1.29, 1.82) is 0 Å². The number of rotatable bonds is 4. The van der Waals surface area contributed by atoms with Gasteiger partial charge in [0, 0.05) is 19.6 Å². The normalized spacial score (nSPS) is 23.8. The Morgan fingerprint density at radius 2 is 1.82 bits per heavy atom. The summed E-state index contributed by atoms with van der Waals surface area (Å²) < 4.78 is 47.9. The van der Waals surface area contributed by atoms with Crippen molar-refractivity contribution in [2.45, 2.75) is 31.1 Å². The number of likely N-dealkylation sites (N-methyl/N-ethyl adjacent to an activating group) is 1. The van der Waals surface area contributed by atoms with Gasteiger partial charge in [0.2, 0.25) is 10.0 Å². The third kappa shape index (κ3) is 3.90. The molecule has 1 rings (SSSR count). The summed E-state index contributed by atoms with van der Waals surface area (Å²) in [5.74, 6) is -0.0775. The fourth-order valence-corrected chi connectivity index (χ4v) is 5.50. The summed E-state index contributed by atoms with van der Waals surface area (Å²) in [6, 6.07) is -0.234. The zero-order chi connectivity index (χ0) is 13.3. The maximum absolute atomic E-state index is 12.1. The summed E-state index contributed by atoms with van der Waals surface area (Å²) in [5.41, 5.74) is 5.56. The fourth-order valence-electron chi connectivity index (χ4n) is 1.93. The number of nitrogens with zero attached hydrogens (tertiary/aromatic N) is 1. The molecule has 1 fully saturated rings. The molecular formula is C9H20N2O4S2. The van der Waals surface area contributed by atoms with Gasteiger partial charge in [-0.25, -0.2) is 21.1 Å². The number of hydrogen-bond acceptors (Lipinski definition) is 5. The van der Waals surface area contributed by atoms with E-state index in [0.717, 1.165) is 0 Å². The summed E-state index contributed by atoms with van der Waals surface area (Å²) >= 11 is 0. The van der Waals surface area contributed by atoms with Gasteiger partial charge >= 0.3 is 0 Å². The summed E-state index contributed by atoms with van der Waals surface area (Å²) in [6.07, 6.45) is 0.377. The molecule has 8 heteroatoms. The summed E-state index contributed by atoms with van der Waals surface area (Å²) in [4.78, 5) is 0. The molecule has 0 bridgehead atoms. The molecule has 0 radical (unpaired) electrons. The van der Waals surface area contributed by atoms with Crippen LogP contribution in [0, 0.1) is 0 Å². The van der Waals surface area contributed by atoms with E-state index in [2.05, 4.69) is 0 Å².